The number of hydrogen-bond acceptors (Lipinski definition) is 6. The normalized spacial score (nSPS) is 10.6. The van der Waals surface area contributed by atoms with Gasteiger partial charge in [-0.2, -0.15) is 0 Å². The first-order chi connectivity index (χ1) is 10.8. The minimum Gasteiger partial charge on any atom is -0.382 e. The summed E-state index contributed by atoms with van der Waals surface area (Å²) in [7, 11) is 4.91. The molecule has 0 aliphatic rings. The van der Waals surface area contributed by atoms with Crippen LogP contribution < -0.4 is 5.32 Å². The van der Waals surface area contributed by atoms with Crippen molar-refractivity contribution in [1.82, 2.24) is 10.3 Å². The number of amides is 1. The third kappa shape index (κ3) is 10.9. The Balaban J connectivity index is 1.87. The molecule has 22 heavy (non-hydrogen) atoms. The highest BCUT2D eigenvalue weighted by Crippen LogP contribution is 2.29. The van der Waals surface area contributed by atoms with Crippen molar-refractivity contribution in [2.24, 2.45) is 0 Å². The van der Waals surface area contributed by atoms with Crippen LogP contribution in [0, 0.1) is 0 Å². The molecule has 1 rings (SSSR count). The zero-order valence-electron chi connectivity index (χ0n) is 13.0. The number of rotatable bonds is 13. The van der Waals surface area contributed by atoms with Gasteiger partial charge in [0, 0.05) is 38.6 Å². The Morgan fingerprint density at radius 3 is 2.95 bits per heavy atom. The molecule has 0 radical (unpaired) electrons. The topological polar surface area (TPSA) is 60.5 Å². The van der Waals surface area contributed by atoms with Crippen molar-refractivity contribution in [2.75, 3.05) is 39.2 Å². The van der Waals surface area contributed by atoms with Gasteiger partial charge in [0.2, 0.25) is 5.91 Å². The van der Waals surface area contributed by atoms with E-state index in [0.29, 0.717) is 26.2 Å². The predicted molar refractivity (Wildman–Crippen MR) is 92.1 cm³/mol. The average Bonchev–Trinajstić information content (AvgIpc) is 2.55. The molecule has 0 fully saturated rings. The summed E-state index contributed by atoms with van der Waals surface area (Å²) in [5, 5.41) is 3.90. The van der Waals surface area contributed by atoms with Crippen molar-refractivity contribution in [3.63, 3.8) is 0 Å². The molecule has 0 aliphatic carbocycles. The smallest absolute Gasteiger partial charge is 0.220 e. The predicted octanol–water partition coefficient (Wildman–Crippen LogP) is 2.77. The fourth-order valence-electron chi connectivity index (χ4n) is 1.52. The van der Waals surface area contributed by atoms with E-state index >= 15 is 0 Å². The van der Waals surface area contributed by atoms with Crippen LogP contribution in [0.2, 0.25) is 0 Å². The number of ether oxygens (including phenoxy) is 2. The zero-order valence-corrected chi connectivity index (χ0v) is 14.6. The lowest BCUT2D eigenvalue weighted by Gasteiger charge is -2.06. The Morgan fingerprint density at radius 1 is 1.27 bits per heavy atom. The van der Waals surface area contributed by atoms with E-state index in [-0.39, 0.29) is 5.91 Å². The van der Waals surface area contributed by atoms with Crippen LogP contribution in [0.25, 0.3) is 0 Å². The lowest BCUT2D eigenvalue weighted by Crippen LogP contribution is -2.24. The molecule has 1 aromatic heterocycles. The molecule has 0 saturated heterocycles. The van der Waals surface area contributed by atoms with Gasteiger partial charge < -0.3 is 14.8 Å². The van der Waals surface area contributed by atoms with E-state index in [9.17, 15) is 4.79 Å². The van der Waals surface area contributed by atoms with Gasteiger partial charge in [-0.25, -0.2) is 4.98 Å². The summed E-state index contributed by atoms with van der Waals surface area (Å²) in [5.74, 6) is 0.891. The molecule has 1 N–H and O–H groups in total. The van der Waals surface area contributed by atoms with E-state index in [4.69, 9.17) is 9.47 Å². The SMILES string of the molecule is COCCOCCCCNC(=O)CCSSc1ccccn1. The van der Waals surface area contributed by atoms with Gasteiger partial charge in [-0.05, 0) is 35.8 Å². The highest BCUT2D eigenvalue weighted by molar-refractivity contribution is 8.76. The quantitative estimate of drug-likeness (QED) is 0.439. The number of methoxy groups -OCH3 is 1. The van der Waals surface area contributed by atoms with Gasteiger partial charge >= 0.3 is 0 Å². The van der Waals surface area contributed by atoms with Crippen molar-refractivity contribution >= 4 is 27.5 Å². The van der Waals surface area contributed by atoms with Crippen LogP contribution in [-0.2, 0) is 14.3 Å². The molecule has 0 unspecified atom stereocenters. The van der Waals surface area contributed by atoms with Gasteiger partial charge in [-0.1, -0.05) is 16.9 Å². The van der Waals surface area contributed by atoms with E-state index < -0.39 is 0 Å². The largest absolute Gasteiger partial charge is 0.382 e. The lowest BCUT2D eigenvalue weighted by atomic mass is 10.3. The fraction of sp³-hybridized carbons (Fsp3) is 0.600. The van der Waals surface area contributed by atoms with Crippen molar-refractivity contribution in [3.8, 4) is 0 Å². The Kier molecular flexibility index (Phi) is 12.2. The van der Waals surface area contributed by atoms with Crippen LogP contribution in [0.5, 0.6) is 0 Å². The van der Waals surface area contributed by atoms with Crippen LogP contribution >= 0.6 is 21.6 Å². The first-order valence-electron chi connectivity index (χ1n) is 7.37. The number of pyridine rings is 1. The minimum absolute atomic E-state index is 0.106. The number of unbranched alkanes of at least 4 members (excludes halogenated alkanes) is 1. The molecule has 7 heteroatoms. The summed E-state index contributed by atoms with van der Waals surface area (Å²) < 4.78 is 10.2. The lowest BCUT2D eigenvalue weighted by molar-refractivity contribution is -0.120. The molecule has 0 bridgehead atoms. The zero-order chi connectivity index (χ0) is 15.9. The summed E-state index contributed by atoms with van der Waals surface area (Å²) in [6, 6.07) is 5.82. The molecule has 0 aliphatic heterocycles. The van der Waals surface area contributed by atoms with Gasteiger partial charge in [0.25, 0.3) is 0 Å². The second-order valence-corrected chi connectivity index (χ2v) is 6.92. The Hall–Kier alpha value is -0.760. The molecule has 124 valence electrons. The molecule has 5 nitrogen and oxygen atoms in total. The molecule has 0 atom stereocenters. The fourth-order valence-corrected chi connectivity index (χ4v) is 3.39. The van der Waals surface area contributed by atoms with Crippen molar-refractivity contribution in [3.05, 3.63) is 24.4 Å². The third-order valence-corrected chi connectivity index (χ3v) is 4.93. The number of nitrogens with zero attached hydrogens (tertiary/aromatic N) is 1. The number of carbonyl (C=O) groups excluding carboxylic acids is 1. The standard InChI is InChI=1S/C15H24N2O3S2/c1-19-11-12-20-10-5-4-8-16-14(18)7-13-21-22-15-6-2-3-9-17-15/h2-3,6,9H,4-5,7-8,10-13H2,1H3,(H,16,18). The molecule has 0 saturated carbocycles. The first-order valence-corrected chi connectivity index (χ1v) is 9.68. The molecular formula is C15H24N2O3S2. The highest BCUT2D eigenvalue weighted by atomic mass is 33.1. The summed E-state index contributed by atoms with van der Waals surface area (Å²) in [5.41, 5.74) is 0. The molecule has 1 amide bonds. The van der Waals surface area contributed by atoms with Crippen molar-refractivity contribution in [1.29, 1.82) is 0 Å². The van der Waals surface area contributed by atoms with Gasteiger partial charge in [-0.3, -0.25) is 4.79 Å². The number of aromatic nitrogens is 1. The summed E-state index contributed by atoms with van der Waals surface area (Å²) >= 11 is 0. The molecule has 0 aromatic carbocycles. The van der Waals surface area contributed by atoms with Gasteiger partial charge in [0.05, 0.1) is 13.2 Å². The van der Waals surface area contributed by atoms with Crippen LogP contribution in [0.3, 0.4) is 0 Å². The number of nitrogens with one attached hydrogen (secondary N) is 1. The maximum atomic E-state index is 11.6. The van der Waals surface area contributed by atoms with Crippen molar-refractivity contribution in [2.45, 2.75) is 24.3 Å². The Morgan fingerprint density at radius 2 is 2.18 bits per heavy atom. The average molecular weight is 345 g/mol. The van der Waals surface area contributed by atoms with Crippen LogP contribution in [0.15, 0.2) is 29.4 Å². The van der Waals surface area contributed by atoms with Crippen LogP contribution in [0.4, 0.5) is 0 Å². The van der Waals surface area contributed by atoms with Crippen LogP contribution in [0.1, 0.15) is 19.3 Å². The maximum Gasteiger partial charge on any atom is 0.220 e. The summed E-state index contributed by atoms with van der Waals surface area (Å²) in [6.45, 7) is 2.69. The first kappa shape index (κ1) is 19.3. The summed E-state index contributed by atoms with van der Waals surface area (Å²) in [4.78, 5) is 15.8. The third-order valence-electron chi connectivity index (χ3n) is 2.66. The van der Waals surface area contributed by atoms with Crippen LogP contribution in [-0.4, -0.2) is 50.1 Å². The van der Waals surface area contributed by atoms with Gasteiger partial charge in [0.15, 0.2) is 0 Å². The monoisotopic (exact) mass is 344 g/mol. The van der Waals surface area contributed by atoms with E-state index in [0.717, 1.165) is 30.2 Å². The second-order valence-electron chi connectivity index (χ2n) is 4.49. The minimum atomic E-state index is 0.106. The van der Waals surface area contributed by atoms with E-state index in [2.05, 4.69) is 10.3 Å². The van der Waals surface area contributed by atoms with Gasteiger partial charge in [0.1, 0.15) is 5.03 Å². The van der Waals surface area contributed by atoms with Gasteiger partial charge in [-0.15, -0.1) is 0 Å². The Bertz CT molecular complexity index is 394. The maximum absolute atomic E-state index is 11.6. The molecular weight excluding hydrogens is 320 g/mol. The summed E-state index contributed by atoms with van der Waals surface area (Å²) in [6.07, 6.45) is 4.20. The highest BCUT2D eigenvalue weighted by Gasteiger charge is 2.02. The molecule has 1 aromatic rings. The van der Waals surface area contributed by atoms with Crippen molar-refractivity contribution < 1.29 is 14.3 Å². The molecule has 1 heterocycles. The molecule has 0 spiro atoms. The van der Waals surface area contributed by atoms with E-state index in [1.54, 1.807) is 34.9 Å². The second kappa shape index (κ2) is 13.9. The number of carbonyl (C=O) groups is 1. The van der Waals surface area contributed by atoms with E-state index in [1.165, 1.54) is 0 Å². The van der Waals surface area contributed by atoms with E-state index in [1.807, 2.05) is 18.2 Å². The Labute approximate surface area is 140 Å². The number of hydrogen-bond donors (Lipinski definition) is 1.